The monoisotopic (exact) mass is 570 g/mol. The second-order valence-electron chi connectivity index (χ2n) is 13.9. The first-order valence-electron chi connectivity index (χ1n) is 14.7. The molecule has 1 aliphatic heterocycles. The Morgan fingerprint density at radius 1 is 0.902 bits per heavy atom. The van der Waals surface area contributed by atoms with Gasteiger partial charge in [-0.1, -0.05) is 39.3 Å². The third kappa shape index (κ3) is 3.63. The summed E-state index contributed by atoms with van der Waals surface area (Å²) in [6.07, 6.45) is 4.06. The summed E-state index contributed by atoms with van der Waals surface area (Å²) in [6, 6.07) is 1.96. The second kappa shape index (κ2) is 9.17. The van der Waals surface area contributed by atoms with Gasteiger partial charge in [0.15, 0.2) is 0 Å². The lowest BCUT2D eigenvalue weighted by molar-refractivity contribution is -0.271. The van der Waals surface area contributed by atoms with E-state index in [2.05, 4.69) is 33.8 Å². The van der Waals surface area contributed by atoms with E-state index in [1.165, 1.54) is 20.8 Å². The Morgan fingerprint density at radius 2 is 1.54 bits per heavy atom. The molecule has 12 atom stereocenters. The van der Waals surface area contributed by atoms with Crippen molar-refractivity contribution in [2.45, 2.75) is 104 Å². The molecule has 41 heavy (non-hydrogen) atoms. The maximum atomic E-state index is 12.6. The number of rotatable bonds is 4. The average Bonchev–Trinajstić information content (AvgIpc) is 3.60. The standard InChI is InChI=1S/C32H42O9/c1-16(33)39-23-13-25(41-18(3)35)32(7)22-12-24(40-17(2)34)30(5)20(19-10-11-37-14-19)8-9-21(30)31(22,6)28(36)26-27(32)29(23,4)15-38-26/h9-11,14,20,22-28,36H,8,12-13,15H2,1-7H3/t20-,22-,23+,24-,25-,26+,27-,28+,29-,30-,31-,32-/m0/s1. The highest BCUT2D eigenvalue weighted by atomic mass is 16.6. The fraction of sp³-hybridized carbons (Fsp3) is 0.719. The van der Waals surface area contributed by atoms with Crippen molar-refractivity contribution in [3.05, 3.63) is 35.8 Å². The van der Waals surface area contributed by atoms with Crippen LogP contribution in [0.2, 0.25) is 0 Å². The zero-order valence-electron chi connectivity index (χ0n) is 25.0. The fourth-order valence-electron chi connectivity index (χ4n) is 10.5. The van der Waals surface area contributed by atoms with Crippen LogP contribution in [0, 0.1) is 33.5 Å². The Morgan fingerprint density at radius 3 is 2.15 bits per heavy atom. The Hall–Kier alpha value is -2.65. The van der Waals surface area contributed by atoms with Crippen molar-refractivity contribution >= 4 is 17.9 Å². The van der Waals surface area contributed by atoms with Gasteiger partial charge in [0.05, 0.1) is 31.3 Å². The number of fused-ring (bicyclic) bond motifs is 4. The second-order valence-corrected chi connectivity index (χ2v) is 13.9. The number of furan rings is 1. The molecule has 0 amide bonds. The summed E-state index contributed by atoms with van der Waals surface area (Å²) in [5.74, 6) is -1.70. The highest BCUT2D eigenvalue weighted by Gasteiger charge is 2.78. The summed E-state index contributed by atoms with van der Waals surface area (Å²) in [5.41, 5.74) is -0.578. The quantitative estimate of drug-likeness (QED) is 0.320. The van der Waals surface area contributed by atoms with Crippen molar-refractivity contribution in [3.8, 4) is 0 Å². The third-order valence-corrected chi connectivity index (χ3v) is 12.0. The van der Waals surface area contributed by atoms with Gasteiger partial charge in [-0.3, -0.25) is 14.4 Å². The Labute approximate surface area is 240 Å². The number of aliphatic hydroxyl groups excluding tert-OH is 1. The smallest absolute Gasteiger partial charge is 0.302 e. The largest absolute Gasteiger partial charge is 0.472 e. The number of hydrogen-bond donors (Lipinski definition) is 1. The number of carbonyl (C=O) groups is 3. The van der Waals surface area contributed by atoms with Crippen LogP contribution in [0.5, 0.6) is 0 Å². The molecule has 9 nitrogen and oxygen atoms in total. The summed E-state index contributed by atoms with van der Waals surface area (Å²) in [6.45, 7) is 13.0. The maximum absolute atomic E-state index is 12.6. The zero-order chi connectivity index (χ0) is 29.7. The Balaban J connectivity index is 1.54. The molecule has 0 radical (unpaired) electrons. The van der Waals surface area contributed by atoms with Gasteiger partial charge >= 0.3 is 17.9 Å². The van der Waals surface area contributed by atoms with Crippen LogP contribution in [0.1, 0.15) is 79.2 Å². The van der Waals surface area contributed by atoms with Crippen LogP contribution in [-0.2, 0) is 33.3 Å². The Bertz CT molecular complexity index is 1290. The molecule has 4 fully saturated rings. The number of carbonyl (C=O) groups excluding carboxylic acids is 3. The molecule has 0 spiro atoms. The van der Waals surface area contributed by atoms with Gasteiger partial charge in [0, 0.05) is 60.7 Å². The number of esters is 3. The van der Waals surface area contributed by atoms with Crippen molar-refractivity contribution < 1.29 is 42.9 Å². The van der Waals surface area contributed by atoms with Crippen molar-refractivity contribution in [2.75, 3.05) is 6.61 Å². The number of allylic oxidation sites excluding steroid dienone is 1. The van der Waals surface area contributed by atoms with E-state index in [0.717, 1.165) is 11.1 Å². The summed E-state index contributed by atoms with van der Waals surface area (Å²) in [4.78, 5) is 37.3. The highest BCUT2D eigenvalue weighted by molar-refractivity contribution is 5.67. The summed E-state index contributed by atoms with van der Waals surface area (Å²) >= 11 is 0. The minimum atomic E-state index is -0.881. The average molecular weight is 571 g/mol. The SMILES string of the molecule is CC(=O)O[C@H]1C[C@H]2[C@](C)(C3=CC[C@@H](c4ccoc4)[C@@]31C)[C@H](O)[C@@H]1OC[C@@]3(C)[C@H](OC(C)=O)C[C@H](OC(C)=O)[C@@]2(C)[C@@H]13. The molecule has 0 bridgehead atoms. The molecule has 4 aliphatic carbocycles. The van der Waals surface area contributed by atoms with E-state index >= 15 is 0 Å². The van der Waals surface area contributed by atoms with Crippen molar-refractivity contribution in [2.24, 2.45) is 33.5 Å². The van der Waals surface area contributed by atoms with Crippen LogP contribution >= 0.6 is 0 Å². The molecule has 1 aromatic rings. The van der Waals surface area contributed by atoms with Gasteiger partial charge < -0.3 is 28.5 Å². The van der Waals surface area contributed by atoms with Crippen LogP contribution in [0.4, 0.5) is 0 Å². The van der Waals surface area contributed by atoms with Crippen LogP contribution in [0.25, 0.3) is 0 Å². The lowest BCUT2D eigenvalue weighted by atomic mass is 9.36. The van der Waals surface area contributed by atoms with Crippen LogP contribution in [-0.4, -0.2) is 60.1 Å². The molecule has 224 valence electrons. The maximum Gasteiger partial charge on any atom is 0.302 e. The van der Waals surface area contributed by atoms with E-state index < -0.39 is 64.1 Å². The normalized spacial score (nSPS) is 47.9. The number of hydrogen-bond acceptors (Lipinski definition) is 9. The summed E-state index contributed by atoms with van der Waals surface area (Å²) in [5, 5.41) is 12.4. The summed E-state index contributed by atoms with van der Waals surface area (Å²) in [7, 11) is 0. The first-order valence-corrected chi connectivity index (χ1v) is 14.7. The van der Waals surface area contributed by atoms with Gasteiger partial charge in [-0.25, -0.2) is 0 Å². The van der Waals surface area contributed by atoms with E-state index in [0.29, 0.717) is 25.9 Å². The molecule has 1 aromatic heterocycles. The molecule has 2 heterocycles. The lowest BCUT2D eigenvalue weighted by Crippen LogP contribution is -2.74. The first-order chi connectivity index (χ1) is 19.2. The molecule has 0 unspecified atom stereocenters. The van der Waals surface area contributed by atoms with E-state index in [-0.39, 0.29) is 23.7 Å². The topological polar surface area (TPSA) is 122 Å². The lowest BCUT2D eigenvalue weighted by Gasteiger charge is -2.70. The van der Waals surface area contributed by atoms with E-state index in [9.17, 15) is 19.5 Å². The van der Waals surface area contributed by atoms with Gasteiger partial charge in [-0.15, -0.1) is 0 Å². The van der Waals surface area contributed by atoms with Gasteiger partial charge in [-0.2, -0.15) is 0 Å². The van der Waals surface area contributed by atoms with Gasteiger partial charge in [-0.05, 0) is 30.4 Å². The molecule has 9 heteroatoms. The van der Waals surface area contributed by atoms with Crippen LogP contribution in [0.3, 0.4) is 0 Å². The van der Waals surface area contributed by atoms with Gasteiger partial charge in [0.25, 0.3) is 0 Å². The minimum absolute atomic E-state index is 0.00478. The molecular weight excluding hydrogens is 528 g/mol. The zero-order valence-corrected chi connectivity index (χ0v) is 25.0. The van der Waals surface area contributed by atoms with Crippen LogP contribution in [0.15, 0.2) is 34.7 Å². The van der Waals surface area contributed by atoms with Crippen molar-refractivity contribution in [1.29, 1.82) is 0 Å². The molecule has 1 saturated heterocycles. The molecular formula is C32H42O9. The Kier molecular flexibility index (Phi) is 6.37. The minimum Gasteiger partial charge on any atom is -0.472 e. The molecule has 0 aromatic carbocycles. The van der Waals surface area contributed by atoms with Gasteiger partial charge in [0.2, 0.25) is 0 Å². The van der Waals surface area contributed by atoms with Gasteiger partial charge in [0.1, 0.15) is 18.3 Å². The van der Waals surface area contributed by atoms with E-state index in [1.54, 1.807) is 12.5 Å². The van der Waals surface area contributed by atoms with Crippen molar-refractivity contribution in [1.82, 2.24) is 0 Å². The van der Waals surface area contributed by atoms with Crippen LogP contribution < -0.4 is 0 Å². The van der Waals surface area contributed by atoms with E-state index in [4.69, 9.17) is 23.4 Å². The molecule has 3 saturated carbocycles. The number of ether oxygens (including phenoxy) is 4. The third-order valence-electron chi connectivity index (χ3n) is 12.0. The predicted molar refractivity (Wildman–Crippen MR) is 145 cm³/mol. The van der Waals surface area contributed by atoms with E-state index in [1.807, 2.05) is 6.07 Å². The van der Waals surface area contributed by atoms with Crippen molar-refractivity contribution in [3.63, 3.8) is 0 Å². The first kappa shape index (κ1) is 28.5. The summed E-state index contributed by atoms with van der Waals surface area (Å²) < 4.78 is 30.1. The molecule has 6 rings (SSSR count). The molecule has 1 N–H and O–H groups in total. The molecule has 5 aliphatic rings. The fourth-order valence-corrected chi connectivity index (χ4v) is 10.5. The highest BCUT2D eigenvalue weighted by Crippen LogP contribution is 2.75. The number of aliphatic hydroxyl groups is 1. The predicted octanol–water partition coefficient (Wildman–Crippen LogP) is 4.33.